The summed E-state index contributed by atoms with van der Waals surface area (Å²) in [6.07, 6.45) is -0.474. The van der Waals surface area contributed by atoms with Crippen LogP contribution in [0, 0.1) is 29.1 Å². The summed E-state index contributed by atoms with van der Waals surface area (Å²) in [6.45, 7) is 6.44. The molecule has 0 bridgehead atoms. The molecule has 0 saturated heterocycles. The van der Waals surface area contributed by atoms with Crippen molar-refractivity contribution in [2.45, 2.75) is 32.2 Å². The third-order valence-electron chi connectivity index (χ3n) is 5.80. The van der Waals surface area contributed by atoms with Crippen LogP contribution < -0.4 is 15.1 Å². The number of rotatable bonds is 10. The Morgan fingerprint density at radius 2 is 1.16 bits per heavy atom. The highest BCUT2D eigenvalue weighted by Gasteiger charge is 2.50. The van der Waals surface area contributed by atoms with Gasteiger partial charge in [0.2, 0.25) is 34.8 Å². The van der Waals surface area contributed by atoms with Crippen LogP contribution in [-0.2, 0) is 14.0 Å². The Bertz CT molecular complexity index is 1150. The van der Waals surface area contributed by atoms with Gasteiger partial charge in [0, 0.05) is 0 Å². The Morgan fingerprint density at radius 1 is 0.703 bits per heavy atom. The first-order chi connectivity index (χ1) is 17.5. The normalized spacial score (nSPS) is 12.0. The molecule has 0 heterocycles. The zero-order chi connectivity index (χ0) is 27.2. The van der Waals surface area contributed by atoms with Gasteiger partial charge in [0.1, 0.15) is 0 Å². The lowest BCUT2D eigenvalue weighted by Gasteiger charge is -2.43. The number of carbonyl (C=O) groups is 1. The second kappa shape index (κ2) is 12.0. The van der Waals surface area contributed by atoms with E-state index in [1.807, 2.05) is 60.7 Å². The highest BCUT2D eigenvalue weighted by atomic mass is 28.4. The van der Waals surface area contributed by atoms with E-state index in [1.54, 1.807) is 0 Å². The fourth-order valence-corrected chi connectivity index (χ4v) is 8.66. The van der Waals surface area contributed by atoms with Gasteiger partial charge in [-0.25, -0.2) is 13.2 Å². The van der Waals surface area contributed by atoms with Crippen LogP contribution in [0.25, 0.3) is 0 Å². The Hall–Kier alpha value is -3.08. The summed E-state index contributed by atoms with van der Waals surface area (Å²) < 4.78 is 83.5. The van der Waals surface area contributed by atoms with E-state index in [0.29, 0.717) is 0 Å². The van der Waals surface area contributed by atoms with Crippen molar-refractivity contribution in [1.82, 2.24) is 0 Å². The summed E-state index contributed by atoms with van der Waals surface area (Å²) >= 11 is 0. The van der Waals surface area contributed by atoms with Crippen LogP contribution in [0.3, 0.4) is 0 Å². The number of hydrogen-bond acceptors (Lipinski definition) is 4. The molecule has 37 heavy (non-hydrogen) atoms. The first-order valence-corrected chi connectivity index (χ1v) is 13.5. The summed E-state index contributed by atoms with van der Waals surface area (Å²) in [4.78, 5) is 11.9. The van der Waals surface area contributed by atoms with Gasteiger partial charge in [-0.15, -0.1) is 0 Å². The molecule has 10 heteroatoms. The van der Waals surface area contributed by atoms with Gasteiger partial charge in [-0.2, -0.15) is 8.78 Å². The monoisotopic (exact) mass is 538 g/mol. The molecule has 0 amide bonds. The highest BCUT2D eigenvalue weighted by molar-refractivity contribution is 6.99. The predicted molar refractivity (Wildman–Crippen MR) is 131 cm³/mol. The third-order valence-corrected chi connectivity index (χ3v) is 10.8. The van der Waals surface area contributed by atoms with Crippen molar-refractivity contribution >= 4 is 24.7 Å². The quantitative estimate of drug-likeness (QED) is 0.0671. The summed E-state index contributed by atoms with van der Waals surface area (Å²) in [5, 5.41) is 1.92. The van der Waals surface area contributed by atoms with Crippen molar-refractivity contribution in [3.63, 3.8) is 0 Å². The molecule has 0 aliphatic heterocycles. The van der Waals surface area contributed by atoms with Gasteiger partial charge in [-0.3, -0.25) is 4.79 Å². The number of esters is 1. The minimum absolute atomic E-state index is 0.0975. The lowest BCUT2D eigenvalue weighted by Crippen LogP contribution is -2.66. The first-order valence-electron chi connectivity index (χ1n) is 11.6. The molecule has 0 aliphatic rings. The average molecular weight is 539 g/mol. The van der Waals surface area contributed by atoms with Crippen molar-refractivity contribution in [3.05, 3.63) is 89.7 Å². The molecule has 0 atom stereocenters. The topological polar surface area (TPSA) is 44.8 Å². The molecule has 4 nitrogen and oxygen atoms in total. The maximum Gasteiger partial charge on any atom is 0.313 e. The van der Waals surface area contributed by atoms with Crippen LogP contribution >= 0.6 is 0 Å². The molecule has 3 aromatic rings. The number of halogens is 5. The molecule has 0 spiro atoms. The van der Waals surface area contributed by atoms with Gasteiger partial charge < -0.3 is 13.9 Å². The van der Waals surface area contributed by atoms with Gasteiger partial charge in [-0.05, 0) is 15.4 Å². The predicted octanol–water partition coefficient (Wildman–Crippen LogP) is 5.27. The van der Waals surface area contributed by atoms with Crippen molar-refractivity contribution < 1.29 is 40.6 Å². The second-order valence-electron chi connectivity index (χ2n) is 9.25. The molecular formula is C27H27F5O4Si. The average Bonchev–Trinajstić information content (AvgIpc) is 2.89. The highest BCUT2D eigenvalue weighted by Crippen LogP contribution is 2.36. The Labute approximate surface area is 213 Å². The maximum atomic E-state index is 13.7. The van der Waals surface area contributed by atoms with E-state index in [-0.39, 0.29) is 24.9 Å². The second-order valence-corrected chi connectivity index (χ2v) is 13.6. The fourth-order valence-electron chi connectivity index (χ4n) is 4.11. The van der Waals surface area contributed by atoms with Gasteiger partial charge >= 0.3 is 5.97 Å². The van der Waals surface area contributed by atoms with Crippen LogP contribution in [-0.4, -0.2) is 34.1 Å². The largest absolute Gasteiger partial charge is 0.420 e. The van der Waals surface area contributed by atoms with E-state index in [1.165, 1.54) is 0 Å². The number of benzene rings is 3. The van der Waals surface area contributed by atoms with Crippen LogP contribution in [0.2, 0.25) is 5.04 Å². The summed E-state index contributed by atoms with van der Waals surface area (Å²) in [6, 6.07) is 19.9. The van der Waals surface area contributed by atoms with Crippen LogP contribution in [0.15, 0.2) is 60.7 Å². The fraction of sp³-hybridized carbons (Fsp3) is 0.296. The lowest BCUT2D eigenvalue weighted by atomic mass is 10.2. The first kappa shape index (κ1) is 28.5. The Kier molecular flexibility index (Phi) is 9.22. The molecular weight excluding hydrogens is 511 g/mol. The van der Waals surface area contributed by atoms with Gasteiger partial charge in [-0.1, -0.05) is 81.4 Å². The molecule has 0 fully saturated rings. The molecule has 0 N–H and O–H groups in total. The molecule has 0 saturated carbocycles. The Balaban J connectivity index is 1.62. The Morgan fingerprint density at radius 3 is 1.62 bits per heavy atom. The van der Waals surface area contributed by atoms with Crippen LogP contribution in [0.5, 0.6) is 5.75 Å². The molecule has 0 aliphatic carbocycles. The van der Waals surface area contributed by atoms with Gasteiger partial charge in [0.25, 0.3) is 8.32 Å². The van der Waals surface area contributed by atoms with Crippen LogP contribution in [0.4, 0.5) is 22.0 Å². The maximum absolute atomic E-state index is 13.7. The molecule has 3 rings (SSSR count). The molecule has 198 valence electrons. The van der Waals surface area contributed by atoms with Gasteiger partial charge in [0.15, 0.2) is 0 Å². The smallest absolute Gasteiger partial charge is 0.313 e. The van der Waals surface area contributed by atoms with E-state index < -0.39 is 55.5 Å². The zero-order valence-electron chi connectivity index (χ0n) is 20.6. The lowest BCUT2D eigenvalue weighted by molar-refractivity contribution is -0.136. The SMILES string of the molecule is CC(C)(C)[Si](OCCOCCC(=O)Oc1c(F)c(F)c(F)c(F)c1F)(c1ccccc1)c1ccccc1. The summed E-state index contributed by atoms with van der Waals surface area (Å²) in [5.74, 6) is -14.0. The van der Waals surface area contributed by atoms with Crippen molar-refractivity contribution in [2.75, 3.05) is 19.8 Å². The van der Waals surface area contributed by atoms with Crippen molar-refractivity contribution in [1.29, 1.82) is 0 Å². The molecule has 3 aromatic carbocycles. The van der Waals surface area contributed by atoms with E-state index in [9.17, 15) is 26.7 Å². The summed E-state index contributed by atoms with van der Waals surface area (Å²) in [5.41, 5.74) is 0. The minimum atomic E-state index is -2.77. The van der Waals surface area contributed by atoms with Crippen molar-refractivity contribution in [2.24, 2.45) is 0 Å². The standard InChI is InChI=1S/C27H27F5O4Si/c1-27(2,3)37(18-10-6-4-7-11-18,19-12-8-5-9-13-19)35-17-16-34-15-14-20(33)36-26-24(31)22(29)21(28)23(30)25(26)32/h4-13H,14-17H2,1-3H3. The van der Waals surface area contributed by atoms with E-state index >= 15 is 0 Å². The number of carbonyl (C=O) groups excluding carboxylic acids is 1. The number of hydrogen-bond donors (Lipinski definition) is 0. The molecule has 0 radical (unpaired) electrons. The number of ether oxygens (including phenoxy) is 2. The molecule has 0 aromatic heterocycles. The van der Waals surface area contributed by atoms with E-state index in [2.05, 4.69) is 25.5 Å². The molecule has 0 unspecified atom stereocenters. The third kappa shape index (κ3) is 6.08. The van der Waals surface area contributed by atoms with Crippen LogP contribution in [0.1, 0.15) is 27.2 Å². The minimum Gasteiger partial charge on any atom is -0.420 e. The zero-order valence-corrected chi connectivity index (χ0v) is 21.6. The van der Waals surface area contributed by atoms with Crippen molar-refractivity contribution in [3.8, 4) is 5.75 Å². The van der Waals surface area contributed by atoms with Gasteiger partial charge in [0.05, 0.1) is 26.2 Å². The summed E-state index contributed by atoms with van der Waals surface area (Å²) in [7, 11) is -2.77. The van der Waals surface area contributed by atoms with E-state index in [0.717, 1.165) is 10.4 Å². The van der Waals surface area contributed by atoms with E-state index in [4.69, 9.17) is 9.16 Å².